The zero-order chi connectivity index (χ0) is 27.8. The van der Waals surface area contributed by atoms with E-state index in [1.807, 2.05) is 62.5 Å². The van der Waals surface area contributed by atoms with Crippen molar-refractivity contribution in [2.24, 2.45) is 17.6 Å². The molecule has 7 atom stereocenters. The minimum absolute atomic E-state index is 0.117. The molecule has 2 heterocycles. The topological polar surface area (TPSA) is 114 Å². The molecule has 7 heteroatoms. The van der Waals surface area contributed by atoms with E-state index in [1.54, 1.807) is 61.6 Å². The molecule has 38 heavy (non-hydrogen) atoms. The van der Waals surface area contributed by atoms with E-state index in [4.69, 9.17) is 15.2 Å². The Labute approximate surface area is 226 Å². The average molecular weight is 523 g/mol. The van der Waals surface area contributed by atoms with Gasteiger partial charge in [-0.1, -0.05) is 117 Å². The van der Waals surface area contributed by atoms with Gasteiger partial charge in [0.2, 0.25) is 5.91 Å². The molecule has 7 nitrogen and oxygen atoms in total. The summed E-state index contributed by atoms with van der Waals surface area (Å²) in [5.74, 6) is -0.158. The Hall–Kier alpha value is -3.07. The second-order valence-electron chi connectivity index (χ2n) is 9.62. The van der Waals surface area contributed by atoms with E-state index in [9.17, 15) is 15.0 Å². The minimum atomic E-state index is -1.38. The molecule has 0 bridgehead atoms. The third-order valence-electron chi connectivity index (χ3n) is 6.15. The van der Waals surface area contributed by atoms with E-state index in [2.05, 4.69) is 5.32 Å². The van der Waals surface area contributed by atoms with Gasteiger partial charge < -0.3 is 30.7 Å². The van der Waals surface area contributed by atoms with E-state index < -0.39 is 30.1 Å². The first-order valence-corrected chi connectivity index (χ1v) is 13.0. The molecule has 2 rings (SSSR count). The molecule has 206 valence electrons. The third-order valence-corrected chi connectivity index (χ3v) is 6.15. The maximum Gasteiger partial charge on any atom is 0.243 e. The smallest absolute Gasteiger partial charge is 0.243 e. The highest BCUT2D eigenvalue weighted by molar-refractivity contribution is 5.87. The van der Waals surface area contributed by atoms with Crippen LogP contribution in [0, 0.1) is 11.8 Å². The number of ether oxygens (including phenoxy) is 2. The summed E-state index contributed by atoms with van der Waals surface area (Å²) in [6, 6.07) is -0.544. The van der Waals surface area contributed by atoms with Crippen LogP contribution in [0.25, 0.3) is 0 Å². The van der Waals surface area contributed by atoms with Crippen molar-refractivity contribution in [2.75, 3.05) is 13.2 Å². The molecule has 0 radical (unpaired) electrons. The Morgan fingerprint density at radius 1 is 0.921 bits per heavy atom. The van der Waals surface area contributed by atoms with Crippen LogP contribution in [0.15, 0.2) is 109 Å². The van der Waals surface area contributed by atoms with Crippen LogP contribution >= 0.6 is 0 Å². The van der Waals surface area contributed by atoms with Crippen LogP contribution < -0.4 is 11.1 Å². The lowest BCUT2D eigenvalue weighted by Gasteiger charge is -2.40. The highest BCUT2D eigenvalue weighted by atomic mass is 16.7. The number of nitrogens with one attached hydrogen (secondary N) is 1. The van der Waals surface area contributed by atoms with E-state index >= 15 is 0 Å². The second-order valence-corrected chi connectivity index (χ2v) is 9.62. The summed E-state index contributed by atoms with van der Waals surface area (Å²) in [6.07, 6.45) is 30.2. The summed E-state index contributed by atoms with van der Waals surface area (Å²) >= 11 is 0. The molecule has 2 aliphatic heterocycles. The summed E-state index contributed by atoms with van der Waals surface area (Å²) in [5.41, 5.74) is 4.87. The maximum atomic E-state index is 11.9. The molecule has 0 aromatic carbocycles. The number of carbonyl (C=O) groups excluding carboxylic acids is 1. The first-order chi connectivity index (χ1) is 18.2. The number of amides is 1. The molecule has 0 saturated carbocycles. The Morgan fingerprint density at radius 3 is 2.13 bits per heavy atom. The van der Waals surface area contributed by atoms with E-state index in [-0.39, 0.29) is 24.3 Å². The number of hydrogen-bond donors (Lipinski definition) is 4. The Balaban J connectivity index is 2.22. The van der Waals surface area contributed by atoms with Crippen LogP contribution in [-0.4, -0.2) is 59.4 Å². The molecular weight excluding hydrogens is 480 g/mol. The lowest BCUT2D eigenvalue weighted by atomic mass is 9.93. The molecule has 0 aromatic heterocycles. The van der Waals surface area contributed by atoms with Crippen LogP contribution in [0.5, 0.6) is 0 Å². The van der Waals surface area contributed by atoms with Crippen molar-refractivity contribution in [1.82, 2.24) is 5.32 Å². The molecule has 5 N–H and O–H groups in total. The van der Waals surface area contributed by atoms with E-state index in [1.165, 1.54) is 6.08 Å². The van der Waals surface area contributed by atoms with Gasteiger partial charge >= 0.3 is 0 Å². The Kier molecular flexibility index (Phi) is 13.7. The number of allylic oxidation sites excluding steroid dienone is 14. The van der Waals surface area contributed by atoms with Gasteiger partial charge in [-0.15, -0.1) is 0 Å². The van der Waals surface area contributed by atoms with Gasteiger partial charge in [0.1, 0.15) is 11.7 Å². The van der Waals surface area contributed by atoms with Gasteiger partial charge in [-0.2, -0.15) is 0 Å². The highest BCUT2D eigenvalue weighted by Gasteiger charge is 2.39. The lowest BCUT2D eigenvalue weighted by molar-refractivity contribution is -0.239. The van der Waals surface area contributed by atoms with Gasteiger partial charge in [0.15, 0.2) is 6.29 Å². The van der Waals surface area contributed by atoms with Crippen molar-refractivity contribution in [1.29, 1.82) is 0 Å². The van der Waals surface area contributed by atoms with Crippen LogP contribution in [0.3, 0.4) is 0 Å². The standard InChI is InChI=1S/C31H42N2O5/c1-24-18-14-10-6-4-5-7-11-15-19-27(38-30-29(32)25(2)26(34)23-37-30)31(3,36)21-17-13-9-8-12-16-20-28(35)33-22-24/h4-21,24-27,29-30,34,36H,22-23,32H2,1-3H3,(H,33,35)/b5-4-,10-6-,11-7-,12-8-,13-9-,18-14-,19-15-,20-16+,21-17+. The van der Waals surface area contributed by atoms with Crippen molar-refractivity contribution in [3.05, 3.63) is 109 Å². The number of aliphatic hydroxyl groups is 2. The van der Waals surface area contributed by atoms with Gasteiger partial charge in [0.05, 0.1) is 18.8 Å². The fourth-order valence-corrected chi connectivity index (χ4v) is 3.55. The summed E-state index contributed by atoms with van der Waals surface area (Å²) < 4.78 is 11.8. The van der Waals surface area contributed by atoms with Crippen molar-refractivity contribution in [3.63, 3.8) is 0 Å². The van der Waals surface area contributed by atoms with Crippen molar-refractivity contribution >= 4 is 5.91 Å². The summed E-state index contributed by atoms with van der Waals surface area (Å²) in [5, 5.41) is 24.1. The fraction of sp³-hybridized carbons (Fsp3) is 0.387. The fourth-order valence-electron chi connectivity index (χ4n) is 3.55. The summed E-state index contributed by atoms with van der Waals surface area (Å²) in [7, 11) is 0. The number of rotatable bonds is 2. The van der Waals surface area contributed by atoms with Crippen molar-refractivity contribution < 1.29 is 24.5 Å². The average Bonchev–Trinajstić information content (AvgIpc) is 2.88. The highest BCUT2D eigenvalue weighted by Crippen LogP contribution is 2.25. The quantitative estimate of drug-likeness (QED) is 0.441. The van der Waals surface area contributed by atoms with Crippen LogP contribution in [0.4, 0.5) is 0 Å². The molecule has 2 aliphatic rings. The largest absolute Gasteiger partial charge is 0.390 e. The van der Waals surface area contributed by atoms with Crippen molar-refractivity contribution in [2.45, 2.75) is 50.9 Å². The lowest BCUT2D eigenvalue weighted by Crippen LogP contribution is -2.56. The zero-order valence-corrected chi connectivity index (χ0v) is 22.5. The number of carbonyl (C=O) groups is 1. The SMILES string of the molecule is CC1\C=C/C=C\C=C/C=C\C=C/C(OC2OCC(O)C(C)C2N)C(C)(O)/C=C/C=C\C=C/C=C/C(=O)NC1. The predicted octanol–water partition coefficient (Wildman–Crippen LogP) is 3.57. The Bertz CT molecular complexity index is 1000. The van der Waals surface area contributed by atoms with Gasteiger partial charge in [0.25, 0.3) is 0 Å². The molecule has 7 unspecified atom stereocenters. The normalized spacial score (nSPS) is 41.4. The predicted molar refractivity (Wildman–Crippen MR) is 153 cm³/mol. The maximum absolute atomic E-state index is 11.9. The number of nitrogens with two attached hydrogens (primary N) is 1. The molecular formula is C31H42N2O5. The van der Waals surface area contributed by atoms with Crippen LogP contribution in [-0.2, 0) is 14.3 Å². The first kappa shape index (κ1) is 31.1. The molecule has 1 saturated heterocycles. The van der Waals surface area contributed by atoms with Gasteiger partial charge in [-0.25, -0.2) is 0 Å². The van der Waals surface area contributed by atoms with Gasteiger partial charge in [0, 0.05) is 18.5 Å². The van der Waals surface area contributed by atoms with Crippen molar-refractivity contribution in [3.8, 4) is 0 Å². The van der Waals surface area contributed by atoms with E-state index in [0.29, 0.717) is 6.54 Å². The molecule has 1 fully saturated rings. The monoisotopic (exact) mass is 522 g/mol. The first-order valence-electron chi connectivity index (χ1n) is 13.0. The van der Waals surface area contributed by atoms with Crippen LogP contribution in [0.2, 0.25) is 0 Å². The molecule has 0 spiro atoms. The Morgan fingerprint density at radius 2 is 1.47 bits per heavy atom. The minimum Gasteiger partial charge on any atom is -0.390 e. The number of hydrogen-bond acceptors (Lipinski definition) is 6. The second kappa shape index (κ2) is 16.7. The molecule has 0 aliphatic carbocycles. The summed E-state index contributed by atoms with van der Waals surface area (Å²) in [4.78, 5) is 11.9. The van der Waals surface area contributed by atoms with Crippen LogP contribution in [0.1, 0.15) is 20.8 Å². The van der Waals surface area contributed by atoms with Gasteiger partial charge in [-0.05, 0) is 12.8 Å². The third kappa shape index (κ3) is 11.5. The molecule has 1 amide bonds. The van der Waals surface area contributed by atoms with Gasteiger partial charge in [-0.3, -0.25) is 4.79 Å². The molecule has 0 aromatic rings. The van der Waals surface area contributed by atoms with E-state index in [0.717, 1.165) is 0 Å². The zero-order valence-electron chi connectivity index (χ0n) is 22.5. The summed E-state index contributed by atoms with van der Waals surface area (Å²) in [6.45, 7) is 6.20. The number of aliphatic hydroxyl groups excluding tert-OH is 1.